The number of nitrogens with zero attached hydrogens (tertiary/aromatic N) is 1. The maximum absolute atomic E-state index is 11.3. The van der Waals surface area contributed by atoms with Crippen molar-refractivity contribution in [2.24, 2.45) is 4.99 Å². The molecule has 0 N–H and O–H groups in total. The summed E-state index contributed by atoms with van der Waals surface area (Å²) in [5.41, 5.74) is 0. The lowest BCUT2D eigenvalue weighted by molar-refractivity contribution is -0.143. The fraction of sp³-hybridized carbons (Fsp3) is 0.778. The number of hydrogen-bond donors (Lipinski definition) is 0. The van der Waals surface area contributed by atoms with Crippen LogP contribution in [-0.4, -0.2) is 29.4 Å². The Bertz CT molecular complexity index is 216. The van der Waals surface area contributed by atoms with Crippen molar-refractivity contribution in [3.05, 3.63) is 0 Å². The summed E-state index contributed by atoms with van der Waals surface area (Å²) in [5.74, 6) is 0.579. The Morgan fingerprint density at radius 2 is 2.46 bits per heavy atom. The van der Waals surface area contributed by atoms with Crippen molar-refractivity contribution in [3.63, 3.8) is 0 Å². The van der Waals surface area contributed by atoms with Crippen LogP contribution >= 0.6 is 11.8 Å². The molecular formula is C9H15NO2S. The zero-order valence-corrected chi connectivity index (χ0v) is 8.89. The van der Waals surface area contributed by atoms with E-state index in [0.717, 1.165) is 23.6 Å². The average Bonchev–Trinajstić information content (AvgIpc) is 2.54. The van der Waals surface area contributed by atoms with Gasteiger partial charge in [-0.15, -0.1) is 11.8 Å². The van der Waals surface area contributed by atoms with Crippen molar-refractivity contribution >= 4 is 22.8 Å². The highest BCUT2D eigenvalue weighted by Gasteiger charge is 2.25. The predicted octanol–water partition coefficient (Wildman–Crippen LogP) is 1.86. The third-order valence-electron chi connectivity index (χ3n) is 1.73. The van der Waals surface area contributed by atoms with Gasteiger partial charge in [-0.2, -0.15) is 0 Å². The van der Waals surface area contributed by atoms with Crippen LogP contribution in [0.4, 0.5) is 0 Å². The number of carbonyl (C=O) groups is 1. The van der Waals surface area contributed by atoms with E-state index in [2.05, 4.69) is 11.9 Å². The standard InChI is InChI=1S/C9H15NO2S/c1-3-5-8-10-7(6-13-8)9(11)12-4-2/h7H,3-6H2,1-2H3/t7-/m1/s1. The van der Waals surface area contributed by atoms with Crippen LogP contribution in [0, 0.1) is 0 Å². The predicted molar refractivity (Wildman–Crippen MR) is 55.2 cm³/mol. The molecular weight excluding hydrogens is 186 g/mol. The fourth-order valence-corrected chi connectivity index (χ4v) is 2.24. The quantitative estimate of drug-likeness (QED) is 0.652. The summed E-state index contributed by atoms with van der Waals surface area (Å²) in [4.78, 5) is 15.6. The lowest BCUT2D eigenvalue weighted by Gasteiger charge is -2.03. The smallest absolute Gasteiger partial charge is 0.331 e. The molecule has 74 valence electrons. The molecule has 0 aliphatic carbocycles. The first-order valence-corrected chi connectivity index (χ1v) is 5.62. The number of thioether (sulfide) groups is 1. The number of esters is 1. The molecule has 1 atom stereocenters. The fourth-order valence-electron chi connectivity index (χ4n) is 1.13. The van der Waals surface area contributed by atoms with Gasteiger partial charge in [0, 0.05) is 5.75 Å². The van der Waals surface area contributed by atoms with E-state index in [1.807, 2.05) is 6.92 Å². The minimum atomic E-state index is -0.244. The minimum Gasteiger partial charge on any atom is -0.464 e. The van der Waals surface area contributed by atoms with Crippen molar-refractivity contribution in [1.82, 2.24) is 0 Å². The maximum Gasteiger partial charge on any atom is 0.331 e. The van der Waals surface area contributed by atoms with E-state index >= 15 is 0 Å². The van der Waals surface area contributed by atoms with Gasteiger partial charge in [0.25, 0.3) is 0 Å². The number of hydrogen-bond acceptors (Lipinski definition) is 4. The summed E-state index contributed by atoms with van der Waals surface area (Å²) in [7, 11) is 0. The van der Waals surface area contributed by atoms with E-state index < -0.39 is 0 Å². The third-order valence-corrected chi connectivity index (χ3v) is 2.86. The Kier molecular flexibility index (Phi) is 4.28. The molecule has 0 spiro atoms. The van der Waals surface area contributed by atoms with E-state index in [-0.39, 0.29) is 12.0 Å². The van der Waals surface area contributed by atoms with E-state index in [1.54, 1.807) is 11.8 Å². The monoisotopic (exact) mass is 201 g/mol. The lowest BCUT2D eigenvalue weighted by atomic mass is 10.3. The molecule has 0 bridgehead atoms. The zero-order valence-electron chi connectivity index (χ0n) is 8.08. The van der Waals surface area contributed by atoms with Gasteiger partial charge in [-0.1, -0.05) is 13.3 Å². The molecule has 1 aliphatic heterocycles. The molecule has 0 aromatic rings. The summed E-state index contributed by atoms with van der Waals surface area (Å²) < 4.78 is 4.89. The van der Waals surface area contributed by atoms with Gasteiger partial charge in [0.15, 0.2) is 6.04 Å². The van der Waals surface area contributed by atoms with Crippen LogP contribution in [0.2, 0.25) is 0 Å². The Morgan fingerprint density at radius 3 is 3.08 bits per heavy atom. The van der Waals surface area contributed by atoms with Gasteiger partial charge in [-0.25, -0.2) is 4.79 Å². The minimum absolute atomic E-state index is 0.180. The summed E-state index contributed by atoms with van der Waals surface area (Å²) in [6.07, 6.45) is 2.07. The Labute approximate surface area is 82.9 Å². The summed E-state index contributed by atoms with van der Waals surface area (Å²) >= 11 is 1.68. The van der Waals surface area contributed by atoms with E-state index in [9.17, 15) is 4.79 Å². The van der Waals surface area contributed by atoms with Gasteiger partial charge in [0.1, 0.15) is 0 Å². The molecule has 1 rings (SSSR count). The molecule has 0 radical (unpaired) electrons. The highest BCUT2D eigenvalue weighted by molar-refractivity contribution is 8.14. The van der Waals surface area contributed by atoms with Crippen LogP contribution in [0.15, 0.2) is 4.99 Å². The Balaban J connectivity index is 2.42. The molecule has 1 heterocycles. The van der Waals surface area contributed by atoms with Crippen molar-refractivity contribution in [1.29, 1.82) is 0 Å². The first-order valence-electron chi connectivity index (χ1n) is 4.64. The molecule has 13 heavy (non-hydrogen) atoms. The van der Waals surface area contributed by atoms with E-state index in [0.29, 0.717) is 6.61 Å². The molecule has 1 aliphatic rings. The second-order valence-electron chi connectivity index (χ2n) is 2.85. The van der Waals surface area contributed by atoms with Crippen molar-refractivity contribution in [2.75, 3.05) is 12.4 Å². The summed E-state index contributed by atoms with van der Waals surface area (Å²) in [6, 6.07) is -0.244. The second kappa shape index (κ2) is 5.27. The average molecular weight is 201 g/mol. The van der Waals surface area contributed by atoms with Crippen molar-refractivity contribution in [3.8, 4) is 0 Å². The van der Waals surface area contributed by atoms with Gasteiger partial charge < -0.3 is 4.74 Å². The van der Waals surface area contributed by atoms with Gasteiger partial charge in [0.2, 0.25) is 0 Å². The molecule has 0 aromatic carbocycles. The third kappa shape index (κ3) is 3.03. The van der Waals surface area contributed by atoms with Crippen LogP contribution < -0.4 is 0 Å². The number of rotatable bonds is 4. The van der Waals surface area contributed by atoms with Crippen LogP contribution in [0.25, 0.3) is 0 Å². The lowest BCUT2D eigenvalue weighted by Crippen LogP contribution is -2.21. The van der Waals surface area contributed by atoms with Crippen LogP contribution in [0.3, 0.4) is 0 Å². The van der Waals surface area contributed by atoms with Crippen molar-refractivity contribution < 1.29 is 9.53 Å². The molecule has 3 nitrogen and oxygen atoms in total. The molecule has 0 saturated carbocycles. The Hall–Kier alpha value is -0.510. The first-order chi connectivity index (χ1) is 6.27. The highest BCUT2D eigenvalue weighted by Crippen LogP contribution is 2.21. The first kappa shape index (κ1) is 10.6. The molecule has 0 amide bonds. The number of ether oxygens (including phenoxy) is 1. The van der Waals surface area contributed by atoms with Crippen molar-refractivity contribution in [2.45, 2.75) is 32.7 Å². The van der Waals surface area contributed by atoms with E-state index in [1.165, 1.54) is 0 Å². The van der Waals surface area contributed by atoms with Crippen LogP contribution in [-0.2, 0) is 9.53 Å². The highest BCUT2D eigenvalue weighted by atomic mass is 32.2. The molecule has 4 heteroatoms. The number of carbonyl (C=O) groups excluding carboxylic acids is 1. The largest absolute Gasteiger partial charge is 0.464 e. The van der Waals surface area contributed by atoms with Gasteiger partial charge in [0.05, 0.1) is 11.7 Å². The maximum atomic E-state index is 11.3. The van der Waals surface area contributed by atoms with E-state index in [4.69, 9.17) is 4.74 Å². The molecule has 0 fully saturated rings. The van der Waals surface area contributed by atoms with Crippen LogP contribution in [0.1, 0.15) is 26.7 Å². The van der Waals surface area contributed by atoms with Gasteiger partial charge in [-0.3, -0.25) is 4.99 Å². The summed E-state index contributed by atoms with van der Waals surface area (Å²) in [6.45, 7) is 4.37. The Morgan fingerprint density at radius 1 is 1.69 bits per heavy atom. The number of aliphatic imine (C=N–C) groups is 1. The topological polar surface area (TPSA) is 38.7 Å². The van der Waals surface area contributed by atoms with Crippen LogP contribution in [0.5, 0.6) is 0 Å². The van der Waals surface area contributed by atoms with Gasteiger partial charge >= 0.3 is 5.97 Å². The molecule has 0 unspecified atom stereocenters. The molecule has 0 saturated heterocycles. The SMILES string of the molecule is CCCC1=N[C@@H](C(=O)OCC)CS1. The van der Waals surface area contributed by atoms with Gasteiger partial charge in [-0.05, 0) is 13.3 Å². The molecule has 0 aromatic heterocycles. The normalized spacial score (nSPS) is 21.4. The second-order valence-corrected chi connectivity index (χ2v) is 3.94. The summed E-state index contributed by atoms with van der Waals surface area (Å²) in [5, 5.41) is 1.10. The zero-order chi connectivity index (χ0) is 9.68.